The van der Waals surface area contributed by atoms with Crippen LogP contribution in [0.2, 0.25) is 0 Å². The Hall–Kier alpha value is -0.300. The van der Waals surface area contributed by atoms with Crippen LogP contribution < -0.4 is 0 Å². The van der Waals surface area contributed by atoms with Crippen molar-refractivity contribution in [1.82, 2.24) is 0 Å². The molecule has 0 aliphatic carbocycles. The number of sulfone groups is 1. The van der Waals surface area contributed by atoms with Gasteiger partial charge in [-0.3, -0.25) is 0 Å². The van der Waals surface area contributed by atoms with E-state index in [0.717, 1.165) is 0 Å². The summed E-state index contributed by atoms with van der Waals surface area (Å²) in [7, 11) is -3.99. The molecule has 0 saturated carbocycles. The lowest BCUT2D eigenvalue weighted by Crippen LogP contribution is -2.54. The minimum atomic E-state index is -6.49. The van der Waals surface area contributed by atoms with Crippen LogP contribution in [-0.2, 0) is 9.84 Å². The van der Waals surface area contributed by atoms with Gasteiger partial charge in [0.2, 0.25) is 0 Å². The molecule has 33 heavy (non-hydrogen) atoms. The molecule has 0 bridgehead atoms. The van der Waals surface area contributed by atoms with E-state index in [1.165, 1.54) is 22.6 Å². The number of halogens is 15. The largest absolute Gasteiger partial charge is 0.431 e. The molecule has 1 atom stereocenters. The van der Waals surface area contributed by atoms with Crippen molar-refractivity contribution >= 4 is 32.4 Å². The van der Waals surface area contributed by atoms with Crippen molar-refractivity contribution in [3.05, 3.63) is 0 Å². The van der Waals surface area contributed by atoms with Gasteiger partial charge in [0.15, 0.2) is 9.84 Å². The van der Waals surface area contributed by atoms with Gasteiger partial charge in [-0.15, -0.1) is 0 Å². The van der Waals surface area contributed by atoms with Gasteiger partial charge in [0.1, 0.15) is 3.76 Å². The normalized spacial score (nSPS) is 16.2. The summed E-state index contributed by atoms with van der Waals surface area (Å²) in [6.07, 6.45) is -34.6. The molecule has 0 aliphatic heterocycles. The summed E-state index contributed by atoms with van der Waals surface area (Å²) in [5.74, 6) is -3.06. The molecule has 0 amide bonds. The second-order valence-corrected chi connectivity index (χ2v) is 11.2. The monoisotopic (exact) mass is 654 g/mol. The Morgan fingerprint density at radius 2 is 1.00 bits per heavy atom. The SMILES string of the molecule is O=S(=O)(CI)CCC(CCCCC(F)(C(F)(F)F)C(F)(F)F)CC(F)(C(F)(F)F)C(F)(F)F. The van der Waals surface area contributed by atoms with Crippen molar-refractivity contribution in [3.63, 3.8) is 0 Å². The third-order valence-electron chi connectivity index (χ3n) is 4.75. The lowest BCUT2D eigenvalue weighted by molar-refractivity contribution is -0.346. The molecular weight excluding hydrogens is 637 g/mol. The van der Waals surface area contributed by atoms with Gasteiger partial charge >= 0.3 is 24.7 Å². The highest BCUT2D eigenvalue weighted by Crippen LogP contribution is 2.51. The lowest BCUT2D eigenvalue weighted by Gasteiger charge is -2.33. The predicted octanol–water partition coefficient (Wildman–Crippen LogP) is 7.42. The fourth-order valence-electron chi connectivity index (χ4n) is 2.78. The Morgan fingerprint density at radius 3 is 1.33 bits per heavy atom. The van der Waals surface area contributed by atoms with Crippen LogP contribution in [0.1, 0.15) is 38.5 Å². The van der Waals surface area contributed by atoms with Gasteiger partial charge in [-0.25, -0.2) is 17.2 Å². The summed E-state index contributed by atoms with van der Waals surface area (Å²) in [5.41, 5.74) is -11.5. The molecule has 0 aromatic rings. The van der Waals surface area contributed by atoms with Crippen molar-refractivity contribution in [3.8, 4) is 0 Å². The summed E-state index contributed by atoms with van der Waals surface area (Å²) in [6.45, 7) is 0. The quantitative estimate of drug-likeness (QED) is 0.101. The van der Waals surface area contributed by atoms with Crippen LogP contribution >= 0.6 is 22.6 Å². The molecule has 0 N–H and O–H groups in total. The fraction of sp³-hybridized carbons (Fsp3) is 1.00. The molecular formula is C15H17F14IO2S. The molecule has 2 nitrogen and oxygen atoms in total. The molecule has 200 valence electrons. The minimum absolute atomic E-state index is 0.613. The molecule has 0 aromatic heterocycles. The highest BCUT2D eigenvalue weighted by atomic mass is 127. The van der Waals surface area contributed by atoms with Gasteiger partial charge in [0.05, 0.1) is 5.75 Å². The third-order valence-corrected chi connectivity index (χ3v) is 8.79. The van der Waals surface area contributed by atoms with Crippen LogP contribution in [0, 0.1) is 5.92 Å². The average Bonchev–Trinajstić information content (AvgIpc) is 2.58. The highest BCUT2D eigenvalue weighted by Gasteiger charge is 2.73. The number of unbranched alkanes of at least 4 members (excludes halogenated alkanes) is 1. The van der Waals surface area contributed by atoms with Crippen molar-refractivity contribution in [2.45, 2.75) is 74.6 Å². The number of rotatable bonds is 11. The second-order valence-electron chi connectivity index (χ2n) is 7.25. The van der Waals surface area contributed by atoms with Crippen LogP contribution in [0.15, 0.2) is 0 Å². The fourth-order valence-corrected chi connectivity index (χ4v) is 4.52. The minimum Gasteiger partial charge on any atom is -0.228 e. The van der Waals surface area contributed by atoms with E-state index in [1.54, 1.807) is 0 Å². The summed E-state index contributed by atoms with van der Waals surface area (Å²) in [6, 6.07) is 0. The first-order valence-electron chi connectivity index (χ1n) is 8.76. The topological polar surface area (TPSA) is 34.1 Å². The maximum absolute atomic E-state index is 14.0. The standard InChI is InChI=1S/C15H17F14IO2S/c16-10(12(18,19)20,13(21,22)23)5-2-1-3-9(4-6-33(31,32)8-30)7-11(17,14(24,25)26)15(27,28)29/h9H,1-8H2. The predicted molar refractivity (Wildman–Crippen MR) is 95.8 cm³/mol. The zero-order chi connectivity index (χ0) is 26.7. The number of alkyl halides is 15. The molecule has 1 unspecified atom stereocenters. The Labute approximate surface area is 192 Å². The van der Waals surface area contributed by atoms with Gasteiger partial charge in [0.25, 0.3) is 11.3 Å². The Morgan fingerprint density at radius 1 is 0.606 bits per heavy atom. The van der Waals surface area contributed by atoms with Crippen molar-refractivity contribution < 1.29 is 69.9 Å². The Balaban J connectivity index is 5.63. The second kappa shape index (κ2) is 10.8. The van der Waals surface area contributed by atoms with Crippen LogP contribution in [0.3, 0.4) is 0 Å². The van der Waals surface area contributed by atoms with Crippen molar-refractivity contribution in [2.75, 3.05) is 9.51 Å². The van der Waals surface area contributed by atoms with Gasteiger partial charge < -0.3 is 0 Å². The van der Waals surface area contributed by atoms with Gasteiger partial charge in [-0.05, 0) is 25.2 Å². The smallest absolute Gasteiger partial charge is 0.228 e. The van der Waals surface area contributed by atoms with Crippen LogP contribution in [0.25, 0.3) is 0 Å². The van der Waals surface area contributed by atoms with E-state index >= 15 is 0 Å². The number of hydrogen-bond donors (Lipinski definition) is 0. The van der Waals surface area contributed by atoms with E-state index < -0.39 is 99.8 Å². The summed E-state index contributed by atoms with van der Waals surface area (Å²) in [5, 5.41) is 0. The first-order chi connectivity index (χ1) is 14.3. The van der Waals surface area contributed by atoms with E-state index in [0.29, 0.717) is 0 Å². The van der Waals surface area contributed by atoms with Crippen LogP contribution in [-0.4, -0.2) is 54.0 Å². The van der Waals surface area contributed by atoms with E-state index in [9.17, 15) is 69.9 Å². The highest BCUT2D eigenvalue weighted by molar-refractivity contribution is 14.1. The van der Waals surface area contributed by atoms with Gasteiger partial charge in [0, 0.05) is 6.42 Å². The zero-order valence-corrected chi connectivity index (χ0v) is 19.1. The Bertz CT molecular complexity index is 695. The maximum atomic E-state index is 14.0. The maximum Gasteiger partial charge on any atom is 0.431 e. The molecule has 0 radical (unpaired) electrons. The Kier molecular flexibility index (Phi) is 10.7. The van der Waals surface area contributed by atoms with E-state index in [1.807, 2.05) is 0 Å². The summed E-state index contributed by atoms with van der Waals surface area (Å²) in [4.78, 5) is 0. The van der Waals surface area contributed by atoms with E-state index in [4.69, 9.17) is 0 Å². The average molecular weight is 654 g/mol. The summed E-state index contributed by atoms with van der Waals surface area (Å²) < 4.78 is 202. The first-order valence-corrected chi connectivity index (χ1v) is 12.1. The molecule has 18 heteroatoms. The van der Waals surface area contributed by atoms with Gasteiger partial charge in [-0.1, -0.05) is 35.4 Å². The van der Waals surface area contributed by atoms with Crippen LogP contribution in [0.4, 0.5) is 61.5 Å². The van der Waals surface area contributed by atoms with Crippen molar-refractivity contribution in [1.29, 1.82) is 0 Å². The molecule has 0 aromatic carbocycles. The number of hydrogen-bond acceptors (Lipinski definition) is 2. The van der Waals surface area contributed by atoms with Crippen LogP contribution in [0.5, 0.6) is 0 Å². The zero-order valence-electron chi connectivity index (χ0n) is 16.1. The third kappa shape index (κ3) is 8.40. The molecule has 0 rings (SSSR count). The van der Waals surface area contributed by atoms with E-state index in [-0.39, 0.29) is 0 Å². The van der Waals surface area contributed by atoms with E-state index in [2.05, 4.69) is 0 Å². The molecule has 0 spiro atoms. The molecule has 0 aliphatic rings. The molecule has 0 fully saturated rings. The van der Waals surface area contributed by atoms with Gasteiger partial charge in [-0.2, -0.15) is 52.7 Å². The molecule has 0 heterocycles. The molecule has 0 saturated heterocycles. The van der Waals surface area contributed by atoms with Crippen molar-refractivity contribution in [2.24, 2.45) is 5.92 Å². The summed E-state index contributed by atoms with van der Waals surface area (Å²) >= 11 is 1.31. The lowest BCUT2D eigenvalue weighted by atomic mass is 9.85. The first kappa shape index (κ1) is 32.7.